The highest BCUT2D eigenvalue weighted by Crippen LogP contribution is 2.20. The van der Waals surface area contributed by atoms with Gasteiger partial charge in [0, 0.05) is 13.1 Å². The first-order chi connectivity index (χ1) is 8.70. The fourth-order valence-electron chi connectivity index (χ4n) is 2.27. The summed E-state index contributed by atoms with van der Waals surface area (Å²) >= 11 is 3.22. The number of nitrogens with one attached hydrogen (secondary N) is 1. The number of halogens is 2. The largest absolute Gasteiger partial charge is 0.444 e. The molecular formula is C13H20BrClN2O2. The average Bonchev–Trinajstić information content (AvgIpc) is 2.83. The number of hydrogen-bond donors (Lipinski definition) is 1. The van der Waals surface area contributed by atoms with Crippen molar-refractivity contribution in [3.8, 4) is 0 Å². The second kappa shape index (κ2) is 7.92. The molecule has 4 nitrogen and oxygen atoms in total. The normalized spacial score (nSPS) is 16.2. The van der Waals surface area contributed by atoms with E-state index in [0.717, 1.165) is 39.0 Å². The van der Waals surface area contributed by atoms with Gasteiger partial charge >= 0.3 is 0 Å². The SMILES string of the molecule is CCNCC1CCN(C(=O)c2ccc(Br)o2)CC1.Cl. The van der Waals surface area contributed by atoms with Gasteiger partial charge in [-0.1, -0.05) is 6.92 Å². The molecule has 1 aromatic heterocycles. The maximum Gasteiger partial charge on any atom is 0.289 e. The van der Waals surface area contributed by atoms with E-state index in [1.54, 1.807) is 12.1 Å². The van der Waals surface area contributed by atoms with Crippen molar-refractivity contribution in [2.24, 2.45) is 5.92 Å². The number of piperidine rings is 1. The van der Waals surface area contributed by atoms with Crippen molar-refractivity contribution in [1.29, 1.82) is 0 Å². The Balaban J connectivity index is 0.00000180. The van der Waals surface area contributed by atoms with Crippen molar-refractivity contribution in [2.75, 3.05) is 26.2 Å². The first-order valence-corrected chi connectivity index (χ1v) is 7.25. The number of carbonyl (C=O) groups excluding carboxylic acids is 1. The summed E-state index contributed by atoms with van der Waals surface area (Å²) in [5.74, 6) is 1.12. The van der Waals surface area contributed by atoms with Gasteiger partial charge in [-0.2, -0.15) is 0 Å². The highest BCUT2D eigenvalue weighted by atomic mass is 79.9. The summed E-state index contributed by atoms with van der Waals surface area (Å²) in [5.41, 5.74) is 0. The van der Waals surface area contributed by atoms with E-state index in [9.17, 15) is 4.79 Å². The number of rotatable bonds is 4. The second-order valence-electron chi connectivity index (χ2n) is 4.65. The van der Waals surface area contributed by atoms with E-state index < -0.39 is 0 Å². The van der Waals surface area contributed by atoms with E-state index >= 15 is 0 Å². The fraction of sp³-hybridized carbons (Fsp3) is 0.615. The number of nitrogens with zero attached hydrogens (tertiary/aromatic N) is 1. The molecule has 0 spiro atoms. The van der Waals surface area contributed by atoms with Crippen LogP contribution < -0.4 is 5.32 Å². The third-order valence-electron chi connectivity index (χ3n) is 3.37. The van der Waals surface area contributed by atoms with Crippen LogP contribution in [0, 0.1) is 5.92 Å². The van der Waals surface area contributed by atoms with Crippen molar-refractivity contribution < 1.29 is 9.21 Å². The summed E-state index contributed by atoms with van der Waals surface area (Å²) in [6, 6.07) is 3.47. The molecule has 2 rings (SSSR count). The van der Waals surface area contributed by atoms with E-state index in [0.29, 0.717) is 16.3 Å². The molecule has 0 saturated carbocycles. The van der Waals surface area contributed by atoms with Crippen LogP contribution in [0.25, 0.3) is 0 Å². The maximum absolute atomic E-state index is 12.1. The first kappa shape index (κ1) is 16.5. The standard InChI is InChI=1S/C13H19BrN2O2.ClH/c1-2-15-9-10-5-7-16(8-6-10)13(17)11-3-4-12(14)18-11;/h3-4,10,15H,2,5-9H2,1H3;1H. The number of likely N-dealkylation sites (tertiary alicyclic amines) is 1. The highest BCUT2D eigenvalue weighted by Gasteiger charge is 2.24. The Morgan fingerprint density at radius 3 is 2.68 bits per heavy atom. The third kappa shape index (κ3) is 4.51. The van der Waals surface area contributed by atoms with Gasteiger partial charge in [0.2, 0.25) is 0 Å². The van der Waals surface area contributed by atoms with Gasteiger partial charge in [0.1, 0.15) is 0 Å². The monoisotopic (exact) mass is 350 g/mol. The summed E-state index contributed by atoms with van der Waals surface area (Å²) in [4.78, 5) is 14.0. The topological polar surface area (TPSA) is 45.5 Å². The van der Waals surface area contributed by atoms with E-state index in [1.807, 2.05) is 4.90 Å². The van der Waals surface area contributed by atoms with Crippen LogP contribution in [0.2, 0.25) is 0 Å². The Kier molecular flexibility index (Phi) is 6.89. The van der Waals surface area contributed by atoms with Crippen LogP contribution in [-0.2, 0) is 0 Å². The zero-order valence-corrected chi connectivity index (χ0v) is 13.4. The minimum absolute atomic E-state index is 0. The van der Waals surface area contributed by atoms with Crippen molar-refractivity contribution in [1.82, 2.24) is 10.2 Å². The molecule has 0 bridgehead atoms. The van der Waals surface area contributed by atoms with Crippen LogP contribution in [0.3, 0.4) is 0 Å². The molecule has 19 heavy (non-hydrogen) atoms. The summed E-state index contributed by atoms with van der Waals surface area (Å²) in [7, 11) is 0. The lowest BCUT2D eigenvalue weighted by Crippen LogP contribution is -2.40. The second-order valence-corrected chi connectivity index (χ2v) is 5.43. The molecule has 1 aliphatic rings. The number of furan rings is 1. The molecule has 1 saturated heterocycles. The molecule has 0 aliphatic carbocycles. The number of hydrogen-bond acceptors (Lipinski definition) is 3. The van der Waals surface area contributed by atoms with Crippen LogP contribution in [0.1, 0.15) is 30.3 Å². The highest BCUT2D eigenvalue weighted by molar-refractivity contribution is 9.10. The van der Waals surface area contributed by atoms with Crippen molar-refractivity contribution in [2.45, 2.75) is 19.8 Å². The number of carbonyl (C=O) groups is 1. The minimum atomic E-state index is 0. The van der Waals surface area contributed by atoms with Gasteiger partial charge < -0.3 is 14.6 Å². The minimum Gasteiger partial charge on any atom is -0.444 e. The molecule has 1 fully saturated rings. The molecule has 6 heteroatoms. The van der Waals surface area contributed by atoms with E-state index in [4.69, 9.17) is 4.42 Å². The molecule has 108 valence electrons. The molecule has 1 amide bonds. The van der Waals surface area contributed by atoms with E-state index in [1.165, 1.54) is 0 Å². The Morgan fingerprint density at radius 2 is 2.16 bits per heavy atom. The molecule has 0 atom stereocenters. The van der Waals surface area contributed by atoms with Gasteiger partial charge in [-0.25, -0.2) is 0 Å². The third-order valence-corrected chi connectivity index (χ3v) is 3.79. The number of amides is 1. The van der Waals surface area contributed by atoms with Gasteiger partial charge in [-0.3, -0.25) is 4.79 Å². The quantitative estimate of drug-likeness (QED) is 0.907. The van der Waals surface area contributed by atoms with Gasteiger partial charge in [-0.05, 0) is 59.9 Å². The van der Waals surface area contributed by atoms with Crippen LogP contribution in [0.4, 0.5) is 0 Å². The zero-order valence-electron chi connectivity index (χ0n) is 11.0. The Morgan fingerprint density at radius 1 is 1.47 bits per heavy atom. The molecule has 0 aromatic carbocycles. The smallest absolute Gasteiger partial charge is 0.289 e. The van der Waals surface area contributed by atoms with Crippen LogP contribution in [0.15, 0.2) is 21.2 Å². The predicted molar refractivity (Wildman–Crippen MR) is 80.8 cm³/mol. The lowest BCUT2D eigenvalue weighted by Gasteiger charge is -2.31. The molecular weight excluding hydrogens is 332 g/mol. The van der Waals surface area contributed by atoms with Gasteiger partial charge in [0.05, 0.1) is 0 Å². The van der Waals surface area contributed by atoms with Crippen molar-refractivity contribution >= 4 is 34.2 Å². The lowest BCUT2D eigenvalue weighted by atomic mass is 9.96. The fourth-order valence-corrected chi connectivity index (χ4v) is 2.58. The molecule has 2 heterocycles. The van der Waals surface area contributed by atoms with E-state index in [-0.39, 0.29) is 18.3 Å². The van der Waals surface area contributed by atoms with Crippen LogP contribution in [-0.4, -0.2) is 37.0 Å². The molecule has 0 unspecified atom stereocenters. The Labute approximate surface area is 128 Å². The molecule has 1 N–H and O–H groups in total. The molecule has 0 radical (unpaired) electrons. The first-order valence-electron chi connectivity index (χ1n) is 6.46. The zero-order chi connectivity index (χ0) is 13.0. The lowest BCUT2D eigenvalue weighted by molar-refractivity contribution is 0.0657. The van der Waals surface area contributed by atoms with Crippen LogP contribution >= 0.6 is 28.3 Å². The van der Waals surface area contributed by atoms with Gasteiger partial charge in [0.15, 0.2) is 10.4 Å². The maximum atomic E-state index is 12.1. The Bertz CT molecular complexity index is 403. The summed E-state index contributed by atoms with van der Waals surface area (Å²) in [6.45, 7) is 5.85. The van der Waals surface area contributed by atoms with Crippen LogP contribution in [0.5, 0.6) is 0 Å². The van der Waals surface area contributed by atoms with Gasteiger partial charge in [0.25, 0.3) is 5.91 Å². The summed E-state index contributed by atoms with van der Waals surface area (Å²) < 4.78 is 5.91. The average molecular weight is 352 g/mol. The molecule has 1 aliphatic heterocycles. The Hall–Kier alpha value is -0.520. The van der Waals surface area contributed by atoms with E-state index in [2.05, 4.69) is 28.2 Å². The predicted octanol–water partition coefficient (Wildman–Crippen LogP) is 2.93. The molecule has 1 aromatic rings. The summed E-state index contributed by atoms with van der Waals surface area (Å²) in [5, 5.41) is 3.37. The van der Waals surface area contributed by atoms with Gasteiger partial charge in [-0.15, -0.1) is 12.4 Å². The summed E-state index contributed by atoms with van der Waals surface area (Å²) in [6.07, 6.45) is 2.14. The van der Waals surface area contributed by atoms with Crippen molar-refractivity contribution in [3.63, 3.8) is 0 Å². The van der Waals surface area contributed by atoms with Crippen molar-refractivity contribution in [3.05, 3.63) is 22.6 Å².